The second-order valence-electron chi connectivity index (χ2n) is 8.69. The molecule has 0 fully saturated rings. The van der Waals surface area contributed by atoms with E-state index in [0.29, 0.717) is 27.6 Å². The lowest BCUT2D eigenvalue weighted by Crippen LogP contribution is -2.13. The highest BCUT2D eigenvalue weighted by atomic mass is 16.1. The fraction of sp³-hybridized carbons (Fsp3) is 0. The van der Waals surface area contributed by atoms with Crippen molar-refractivity contribution in [2.75, 3.05) is 0 Å². The molecule has 0 aliphatic rings. The molecule has 4 heteroatoms. The van der Waals surface area contributed by atoms with E-state index in [1.807, 2.05) is 54.6 Å². The molecule has 0 radical (unpaired) electrons. The first kappa shape index (κ1) is 19.5. The monoisotopic (exact) mass is 447 g/mol. The Morgan fingerprint density at radius 2 is 1.31 bits per heavy atom. The van der Waals surface area contributed by atoms with Crippen LogP contribution >= 0.6 is 0 Å². The first-order valence-corrected chi connectivity index (χ1v) is 11.4. The summed E-state index contributed by atoms with van der Waals surface area (Å²) in [6, 6.07) is 36.2. The Morgan fingerprint density at radius 3 is 1.94 bits per heavy atom. The third kappa shape index (κ3) is 2.73. The fourth-order valence-electron chi connectivity index (χ4n) is 5.23. The molecular weight excluding hydrogens is 430 g/mol. The Morgan fingerprint density at radius 1 is 0.686 bits per heavy atom. The van der Waals surface area contributed by atoms with Crippen molar-refractivity contribution in [1.82, 2.24) is 9.38 Å². The van der Waals surface area contributed by atoms with Crippen molar-refractivity contribution in [3.05, 3.63) is 119 Å². The van der Waals surface area contributed by atoms with Gasteiger partial charge < -0.3 is 0 Å². The first-order valence-electron chi connectivity index (χ1n) is 11.4. The van der Waals surface area contributed by atoms with Crippen LogP contribution in [0.4, 0.5) is 0 Å². The molecule has 2 heterocycles. The van der Waals surface area contributed by atoms with Gasteiger partial charge in [0.15, 0.2) is 0 Å². The van der Waals surface area contributed by atoms with Gasteiger partial charge in [0.1, 0.15) is 5.65 Å². The van der Waals surface area contributed by atoms with E-state index >= 15 is 0 Å². The van der Waals surface area contributed by atoms with Gasteiger partial charge in [-0.1, -0.05) is 72.8 Å². The minimum atomic E-state index is -0.125. The molecule has 35 heavy (non-hydrogen) atoms. The molecule has 7 rings (SSSR count). The number of nitrogens with zero attached hydrogens (tertiary/aromatic N) is 3. The van der Waals surface area contributed by atoms with E-state index in [0.717, 1.165) is 38.4 Å². The number of hydrogen-bond acceptors (Lipinski definition) is 3. The standard InChI is InChI=1S/C31H17N3O/c32-18-19-11-16-26-27(17-19)34-30(33-26)24-14-12-22(20-7-3-1-4-8-20)28-23(21-9-5-2-6-10-21)13-15-25(29(24)28)31(34)35/h1-17H. The Bertz CT molecular complexity index is 1970. The molecule has 0 aliphatic carbocycles. The molecule has 0 spiro atoms. The van der Waals surface area contributed by atoms with Gasteiger partial charge in [-0.05, 0) is 58.0 Å². The average molecular weight is 447 g/mol. The molecule has 0 N–H and O–H groups in total. The number of rotatable bonds is 2. The summed E-state index contributed by atoms with van der Waals surface area (Å²) in [5.41, 5.74) is 6.69. The maximum atomic E-state index is 13.9. The highest BCUT2D eigenvalue weighted by molar-refractivity contribution is 6.23. The topological polar surface area (TPSA) is 58.2 Å². The predicted molar refractivity (Wildman–Crippen MR) is 141 cm³/mol. The summed E-state index contributed by atoms with van der Waals surface area (Å²) in [6.45, 7) is 0. The quantitative estimate of drug-likeness (QED) is 0.293. The molecule has 162 valence electrons. The van der Waals surface area contributed by atoms with Gasteiger partial charge in [0.2, 0.25) is 0 Å². The van der Waals surface area contributed by atoms with Crippen molar-refractivity contribution >= 4 is 38.2 Å². The van der Waals surface area contributed by atoms with Crippen LogP contribution < -0.4 is 5.56 Å². The van der Waals surface area contributed by atoms with Gasteiger partial charge >= 0.3 is 0 Å². The maximum Gasteiger partial charge on any atom is 0.264 e. The fourth-order valence-corrected chi connectivity index (χ4v) is 5.23. The Hall–Kier alpha value is -5.01. The Labute approximate surface area is 200 Å². The first-order chi connectivity index (χ1) is 17.2. The number of nitriles is 1. The second kappa shape index (κ2) is 7.24. The summed E-state index contributed by atoms with van der Waals surface area (Å²) in [6.07, 6.45) is 0. The minimum absolute atomic E-state index is 0.125. The summed E-state index contributed by atoms with van der Waals surface area (Å²) in [5, 5.41) is 12.9. The van der Waals surface area contributed by atoms with Crippen molar-refractivity contribution in [3.8, 4) is 28.3 Å². The molecule has 0 atom stereocenters. The van der Waals surface area contributed by atoms with Crippen LogP contribution in [0.15, 0.2) is 108 Å². The average Bonchev–Trinajstić information content (AvgIpc) is 3.31. The van der Waals surface area contributed by atoms with Crippen LogP contribution in [0.5, 0.6) is 0 Å². The van der Waals surface area contributed by atoms with Gasteiger partial charge in [-0.2, -0.15) is 5.26 Å². The predicted octanol–water partition coefficient (Wildman–Crippen LogP) is 6.80. The normalized spacial score (nSPS) is 11.5. The number of benzene rings is 5. The minimum Gasteiger partial charge on any atom is -0.268 e. The lowest BCUT2D eigenvalue weighted by molar-refractivity contribution is 1.19. The Balaban J connectivity index is 1.73. The van der Waals surface area contributed by atoms with E-state index < -0.39 is 0 Å². The highest BCUT2D eigenvalue weighted by Gasteiger charge is 2.20. The van der Waals surface area contributed by atoms with E-state index in [1.54, 1.807) is 16.5 Å². The van der Waals surface area contributed by atoms with Crippen molar-refractivity contribution in [2.45, 2.75) is 0 Å². The van der Waals surface area contributed by atoms with Gasteiger partial charge in [0.05, 0.1) is 22.7 Å². The third-order valence-electron chi connectivity index (χ3n) is 6.79. The number of aromatic nitrogens is 2. The van der Waals surface area contributed by atoms with E-state index in [4.69, 9.17) is 4.98 Å². The van der Waals surface area contributed by atoms with Gasteiger partial charge in [0, 0.05) is 16.2 Å². The largest absolute Gasteiger partial charge is 0.268 e. The van der Waals surface area contributed by atoms with Crippen LogP contribution in [0.3, 0.4) is 0 Å². The molecular formula is C31H17N3O. The molecule has 7 aromatic rings. The lowest BCUT2D eigenvalue weighted by Gasteiger charge is -2.16. The number of hydrogen-bond donors (Lipinski definition) is 0. The zero-order valence-corrected chi connectivity index (χ0v) is 18.6. The van der Waals surface area contributed by atoms with Crippen molar-refractivity contribution in [1.29, 1.82) is 5.26 Å². The summed E-state index contributed by atoms with van der Waals surface area (Å²) >= 11 is 0. The summed E-state index contributed by atoms with van der Waals surface area (Å²) < 4.78 is 1.65. The van der Waals surface area contributed by atoms with Crippen LogP contribution in [0.2, 0.25) is 0 Å². The maximum absolute atomic E-state index is 13.9. The van der Waals surface area contributed by atoms with Crippen LogP contribution in [0.1, 0.15) is 5.56 Å². The summed E-state index contributed by atoms with van der Waals surface area (Å²) in [7, 11) is 0. The molecule has 0 saturated heterocycles. The molecule has 0 aliphatic heterocycles. The molecule has 4 nitrogen and oxygen atoms in total. The van der Waals surface area contributed by atoms with Crippen LogP contribution in [0.25, 0.3) is 60.5 Å². The van der Waals surface area contributed by atoms with E-state index in [-0.39, 0.29) is 5.56 Å². The third-order valence-corrected chi connectivity index (χ3v) is 6.79. The smallest absolute Gasteiger partial charge is 0.264 e. The van der Waals surface area contributed by atoms with Crippen molar-refractivity contribution in [3.63, 3.8) is 0 Å². The van der Waals surface area contributed by atoms with Gasteiger partial charge in [-0.15, -0.1) is 0 Å². The highest BCUT2D eigenvalue weighted by Crippen LogP contribution is 2.41. The van der Waals surface area contributed by atoms with Gasteiger partial charge in [-0.3, -0.25) is 9.20 Å². The molecule has 0 saturated carbocycles. The molecule has 0 unspecified atom stereocenters. The summed E-state index contributed by atoms with van der Waals surface area (Å²) in [5.74, 6) is 0. The number of fused-ring (bicyclic) bond motifs is 4. The molecule has 2 aromatic heterocycles. The second-order valence-corrected chi connectivity index (χ2v) is 8.69. The zero-order chi connectivity index (χ0) is 23.5. The molecule has 0 amide bonds. The summed E-state index contributed by atoms with van der Waals surface area (Å²) in [4.78, 5) is 18.7. The zero-order valence-electron chi connectivity index (χ0n) is 18.6. The van der Waals surface area contributed by atoms with Crippen molar-refractivity contribution < 1.29 is 0 Å². The van der Waals surface area contributed by atoms with E-state index in [2.05, 4.69) is 42.5 Å². The lowest BCUT2D eigenvalue weighted by atomic mass is 9.88. The van der Waals surface area contributed by atoms with Crippen LogP contribution in [0, 0.1) is 11.3 Å². The van der Waals surface area contributed by atoms with Crippen LogP contribution in [-0.4, -0.2) is 9.38 Å². The van der Waals surface area contributed by atoms with Crippen molar-refractivity contribution in [2.24, 2.45) is 0 Å². The van der Waals surface area contributed by atoms with Gasteiger partial charge in [0.25, 0.3) is 5.56 Å². The van der Waals surface area contributed by atoms with E-state index in [9.17, 15) is 10.1 Å². The van der Waals surface area contributed by atoms with Gasteiger partial charge in [-0.25, -0.2) is 4.98 Å². The van der Waals surface area contributed by atoms with E-state index in [1.165, 1.54) is 0 Å². The van der Waals surface area contributed by atoms with Crippen LogP contribution in [-0.2, 0) is 0 Å². The molecule has 0 bridgehead atoms. The number of pyridine rings is 1. The molecule has 5 aromatic carbocycles. The number of imidazole rings is 1. The SMILES string of the molecule is N#Cc1ccc2nc3c4ccc(-c5ccccc5)c5c(-c6ccccc6)ccc(c(=O)n3c2c1)c54. The Kier molecular flexibility index (Phi) is 4.03.